The minimum absolute atomic E-state index is 0.169. The number of benzene rings is 1. The molecule has 1 atom stereocenters. The Morgan fingerprint density at radius 1 is 1.32 bits per heavy atom. The van der Waals surface area contributed by atoms with Crippen molar-refractivity contribution in [3.63, 3.8) is 0 Å². The second-order valence-corrected chi connectivity index (χ2v) is 5.69. The first-order valence-corrected chi connectivity index (χ1v) is 7.19. The van der Waals surface area contributed by atoms with E-state index in [0.29, 0.717) is 16.6 Å². The second kappa shape index (κ2) is 8.11. The first kappa shape index (κ1) is 16.8. The highest BCUT2D eigenvalue weighted by molar-refractivity contribution is 9.10. The summed E-state index contributed by atoms with van der Waals surface area (Å²) in [5.74, 6) is -0.0225. The van der Waals surface area contributed by atoms with Crippen molar-refractivity contribution in [3.05, 3.63) is 28.0 Å². The van der Waals surface area contributed by atoms with Gasteiger partial charge in [-0.3, -0.25) is 0 Å². The Morgan fingerprint density at radius 2 is 2.00 bits per heavy atom. The number of hydrogen-bond acceptors (Lipinski definition) is 2. The van der Waals surface area contributed by atoms with Gasteiger partial charge in [0.2, 0.25) is 0 Å². The van der Waals surface area contributed by atoms with Gasteiger partial charge >= 0.3 is 0 Å². The molecule has 0 fully saturated rings. The van der Waals surface area contributed by atoms with Crippen LogP contribution in [0.1, 0.15) is 16.8 Å². The van der Waals surface area contributed by atoms with Gasteiger partial charge in [0.15, 0.2) is 0 Å². The van der Waals surface area contributed by atoms with Gasteiger partial charge in [0.1, 0.15) is 18.2 Å². The quantitative estimate of drug-likeness (QED) is 0.483. The van der Waals surface area contributed by atoms with Crippen molar-refractivity contribution in [1.82, 2.24) is 0 Å². The molecule has 1 aromatic carbocycles. The van der Waals surface area contributed by atoms with Crippen LogP contribution >= 0.6 is 31.9 Å². The molecule has 0 heterocycles. The predicted octanol–water partition coefficient (Wildman–Crippen LogP) is 4.70. The predicted molar refractivity (Wildman–Crippen MR) is 73.8 cm³/mol. The first-order chi connectivity index (χ1) is 8.95. The van der Waals surface area contributed by atoms with Gasteiger partial charge in [-0.05, 0) is 28.4 Å². The van der Waals surface area contributed by atoms with Gasteiger partial charge in [0.25, 0.3) is 6.43 Å². The second-order valence-electron chi connectivity index (χ2n) is 3.73. The maximum atomic E-state index is 13.4. The summed E-state index contributed by atoms with van der Waals surface area (Å²) in [5.41, 5.74) is 0.733. The summed E-state index contributed by atoms with van der Waals surface area (Å²) in [6.45, 7) is -0.400. The summed E-state index contributed by atoms with van der Waals surface area (Å²) in [6.07, 6.45) is -2.00. The smallest absolute Gasteiger partial charge is 0.261 e. The third kappa shape index (κ3) is 5.31. The standard InChI is InChI=1S/C12H13Br2F3O2/c1-18-11-5-10(15)9(14)4-7(11)8(13)2-3-19-6-12(16)17/h4-5,8,12H,2-3,6H2,1H3. The molecule has 0 aliphatic rings. The molecule has 0 aromatic heterocycles. The van der Waals surface area contributed by atoms with Crippen LogP contribution < -0.4 is 4.74 Å². The van der Waals surface area contributed by atoms with Crippen LogP contribution in [0.25, 0.3) is 0 Å². The van der Waals surface area contributed by atoms with Crippen LogP contribution in [0, 0.1) is 5.82 Å². The number of ether oxygens (including phenoxy) is 2. The molecule has 0 bridgehead atoms. The lowest BCUT2D eigenvalue weighted by Gasteiger charge is -2.15. The van der Waals surface area contributed by atoms with Gasteiger partial charge < -0.3 is 9.47 Å². The van der Waals surface area contributed by atoms with Crippen LogP contribution in [0.2, 0.25) is 0 Å². The maximum Gasteiger partial charge on any atom is 0.261 e. The van der Waals surface area contributed by atoms with E-state index in [-0.39, 0.29) is 11.4 Å². The first-order valence-electron chi connectivity index (χ1n) is 5.48. The van der Waals surface area contributed by atoms with E-state index in [1.54, 1.807) is 6.07 Å². The molecule has 1 aromatic rings. The van der Waals surface area contributed by atoms with E-state index in [1.807, 2.05) is 0 Å². The Balaban J connectivity index is 2.65. The summed E-state index contributed by atoms with van der Waals surface area (Å²) in [4.78, 5) is -0.169. The number of methoxy groups -OCH3 is 1. The summed E-state index contributed by atoms with van der Waals surface area (Å²) in [7, 11) is 1.44. The zero-order valence-corrected chi connectivity index (χ0v) is 13.3. The minimum atomic E-state index is -2.47. The van der Waals surface area contributed by atoms with E-state index in [0.717, 1.165) is 5.56 Å². The molecule has 1 unspecified atom stereocenters. The molecule has 0 aliphatic carbocycles. The Labute approximate surface area is 126 Å². The number of halogens is 5. The Hall–Kier alpha value is -0.270. The fraction of sp³-hybridized carbons (Fsp3) is 0.500. The Kier molecular flexibility index (Phi) is 7.17. The molecule has 19 heavy (non-hydrogen) atoms. The highest BCUT2D eigenvalue weighted by Gasteiger charge is 2.16. The molecule has 0 saturated heterocycles. The van der Waals surface area contributed by atoms with Gasteiger partial charge in [-0.25, -0.2) is 13.2 Å². The fourth-order valence-electron chi connectivity index (χ4n) is 1.48. The van der Waals surface area contributed by atoms with Crippen molar-refractivity contribution < 1.29 is 22.6 Å². The molecule has 108 valence electrons. The van der Waals surface area contributed by atoms with E-state index in [1.165, 1.54) is 13.2 Å². The highest BCUT2D eigenvalue weighted by atomic mass is 79.9. The van der Waals surface area contributed by atoms with Crippen LogP contribution in [0.4, 0.5) is 13.2 Å². The lowest BCUT2D eigenvalue weighted by Crippen LogP contribution is -2.07. The lowest BCUT2D eigenvalue weighted by molar-refractivity contribution is 0.0167. The Morgan fingerprint density at radius 3 is 2.58 bits per heavy atom. The molecule has 0 aliphatic heterocycles. The average Bonchev–Trinajstić information content (AvgIpc) is 2.36. The summed E-state index contributed by atoms with van der Waals surface area (Å²) in [5, 5.41) is 0. The number of rotatable bonds is 7. The SMILES string of the molecule is COc1cc(F)c(Br)cc1C(Br)CCOCC(F)F. The molecule has 0 spiro atoms. The molecular weight excluding hydrogens is 393 g/mol. The average molecular weight is 406 g/mol. The number of hydrogen-bond donors (Lipinski definition) is 0. The maximum absolute atomic E-state index is 13.4. The van der Waals surface area contributed by atoms with Gasteiger partial charge in [-0.2, -0.15) is 0 Å². The number of alkyl halides is 3. The van der Waals surface area contributed by atoms with Crippen LogP contribution in [-0.4, -0.2) is 26.7 Å². The van der Waals surface area contributed by atoms with E-state index < -0.39 is 18.8 Å². The lowest BCUT2D eigenvalue weighted by atomic mass is 10.1. The van der Waals surface area contributed by atoms with Crippen LogP contribution in [-0.2, 0) is 4.74 Å². The molecule has 0 N–H and O–H groups in total. The van der Waals surface area contributed by atoms with Gasteiger partial charge in [-0.1, -0.05) is 15.9 Å². The molecular formula is C12H13Br2F3O2. The van der Waals surface area contributed by atoms with Crippen molar-refractivity contribution in [3.8, 4) is 5.75 Å². The highest BCUT2D eigenvalue weighted by Crippen LogP contribution is 2.36. The Bertz CT molecular complexity index is 416. The van der Waals surface area contributed by atoms with Crippen molar-refractivity contribution in [2.75, 3.05) is 20.3 Å². The van der Waals surface area contributed by atoms with Crippen LogP contribution in [0.15, 0.2) is 16.6 Å². The van der Waals surface area contributed by atoms with Gasteiger partial charge in [-0.15, -0.1) is 0 Å². The van der Waals surface area contributed by atoms with E-state index in [2.05, 4.69) is 31.9 Å². The summed E-state index contributed by atoms with van der Waals surface area (Å²) >= 11 is 6.51. The van der Waals surface area contributed by atoms with Crippen molar-refractivity contribution >= 4 is 31.9 Å². The van der Waals surface area contributed by atoms with E-state index >= 15 is 0 Å². The zero-order valence-electron chi connectivity index (χ0n) is 10.1. The molecule has 7 heteroatoms. The largest absolute Gasteiger partial charge is 0.496 e. The molecule has 1 rings (SSSR count). The third-order valence-electron chi connectivity index (χ3n) is 2.37. The summed E-state index contributed by atoms with van der Waals surface area (Å²) < 4.78 is 47.4. The van der Waals surface area contributed by atoms with Crippen molar-refractivity contribution in [2.45, 2.75) is 17.7 Å². The molecule has 2 nitrogen and oxygen atoms in total. The normalized spacial score (nSPS) is 12.8. The third-order valence-corrected chi connectivity index (χ3v) is 3.93. The fourth-order valence-corrected chi connectivity index (χ4v) is 2.39. The van der Waals surface area contributed by atoms with Crippen molar-refractivity contribution in [2.24, 2.45) is 0 Å². The topological polar surface area (TPSA) is 18.5 Å². The summed E-state index contributed by atoms with van der Waals surface area (Å²) in [6, 6.07) is 2.87. The minimum Gasteiger partial charge on any atom is -0.496 e. The van der Waals surface area contributed by atoms with E-state index in [9.17, 15) is 13.2 Å². The van der Waals surface area contributed by atoms with E-state index in [4.69, 9.17) is 9.47 Å². The zero-order chi connectivity index (χ0) is 14.4. The van der Waals surface area contributed by atoms with Crippen molar-refractivity contribution in [1.29, 1.82) is 0 Å². The monoisotopic (exact) mass is 404 g/mol. The van der Waals surface area contributed by atoms with Gasteiger partial charge in [0, 0.05) is 23.1 Å². The van der Waals surface area contributed by atoms with Gasteiger partial charge in [0.05, 0.1) is 11.6 Å². The molecule has 0 radical (unpaired) electrons. The molecule has 0 saturated carbocycles. The van der Waals surface area contributed by atoms with Crippen LogP contribution in [0.5, 0.6) is 5.75 Å². The van der Waals surface area contributed by atoms with Crippen LogP contribution in [0.3, 0.4) is 0 Å². The molecule has 0 amide bonds.